The van der Waals surface area contributed by atoms with E-state index in [1.807, 2.05) is 41.3 Å². The summed E-state index contributed by atoms with van der Waals surface area (Å²) in [5.74, 6) is 1.65. The molecule has 0 radical (unpaired) electrons. The van der Waals surface area contributed by atoms with Gasteiger partial charge in [0.25, 0.3) is 5.91 Å². The van der Waals surface area contributed by atoms with Gasteiger partial charge >= 0.3 is 0 Å². The van der Waals surface area contributed by atoms with E-state index in [2.05, 4.69) is 28.1 Å². The Morgan fingerprint density at radius 3 is 2.27 bits per heavy atom. The highest BCUT2D eigenvalue weighted by molar-refractivity contribution is 9.10. The van der Waals surface area contributed by atoms with E-state index in [1.54, 1.807) is 7.11 Å². The number of hydrogen-bond donors (Lipinski definition) is 1. The molecule has 1 fully saturated rings. The van der Waals surface area contributed by atoms with Crippen molar-refractivity contribution >= 4 is 21.8 Å². The molecule has 6 heteroatoms. The van der Waals surface area contributed by atoms with Gasteiger partial charge in [-0.25, -0.2) is 0 Å². The first kappa shape index (κ1) is 18.7. The number of quaternary nitrogens is 1. The number of hydrogen-bond acceptors (Lipinski definition) is 3. The number of piperazine rings is 1. The van der Waals surface area contributed by atoms with E-state index >= 15 is 0 Å². The Hall–Kier alpha value is -2.05. The van der Waals surface area contributed by atoms with Gasteiger partial charge in [-0.15, -0.1) is 0 Å². The van der Waals surface area contributed by atoms with E-state index < -0.39 is 0 Å². The van der Waals surface area contributed by atoms with Crippen molar-refractivity contribution in [2.24, 2.45) is 0 Å². The summed E-state index contributed by atoms with van der Waals surface area (Å²) < 4.78 is 11.8. The molecule has 1 aliphatic heterocycles. The minimum Gasteiger partial charge on any atom is -0.497 e. The van der Waals surface area contributed by atoms with Crippen LogP contribution in [0.5, 0.6) is 11.5 Å². The van der Waals surface area contributed by atoms with Gasteiger partial charge in [0.05, 0.1) is 33.3 Å². The van der Waals surface area contributed by atoms with Gasteiger partial charge in [0.15, 0.2) is 6.61 Å². The second kappa shape index (κ2) is 9.05. The zero-order valence-corrected chi connectivity index (χ0v) is 16.5. The molecule has 1 saturated heterocycles. The van der Waals surface area contributed by atoms with Crippen molar-refractivity contribution in [1.82, 2.24) is 4.90 Å². The van der Waals surface area contributed by atoms with Gasteiger partial charge in [-0.05, 0) is 48.5 Å². The van der Waals surface area contributed by atoms with Crippen molar-refractivity contribution in [2.75, 3.05) is 39.9 Å². The first-order valence-corrected chi connectivity index (χ1v) is 9.56. The third-order valence-electron chi connectivity index (χ3n) is 4.61. The lowest BCUT2D eigenvalue weighted by atomic mass is 10.2. The summed E-state index contributed by atoms with van der Waals surface area (Å²) in [7, 11) is 1.68. The molecule has 0 saturated carbocycles. The second-order valence-corrected chi connectivity index (χ2v) is 7.31. The molecule has 0 atom stereocenters. The highest BCUT2D eigenvalue weighted by Crippen LogP contribution is 2.16. The lowest BCUT2D eigenvalue weighted by Crippen LogP contribution is -3.13. The monoisotopic (exact) mass is 419 g/mol. The van der Waals surface area contributed by atoms with Crippen molar-refractivity contribution < 1.29 is 19.2 Å². The quantitative estimate of drug-likeness (QED) is 0.775. The summed E-state index contributed by atoms with van der Waals surface area (Å²) in [6.45, 7) is 4.52. The number of nitrogens with one attached hydrogen (secondary N) is 1. The summed E-state index contributed by atoms with van der Waals surface area (Å²) in [6.07, 6.45) is 0. The molecule has 138 valence electrons. The molecular formula is C20H24BrN2O3+. The predicted octanol–water partition coefficient (Wildman–Crippen LogP) is 1.76. The largest absolute Gasteiger partial charge is 0.497 e. The molecule has 1 amide bonds. The van der Waals surface area contributed by atoms with E-state index in [-0.39, 0.29) is 12.5 Å². The molecule has 5 nitrogen and oxygen atoms in total. The summed E-state index contributed by atoms with van der Waals surface area (Å²) in [4.78, 5) is 15.7. The normalized spacial score (nSPS) is 14.9. The molecule has 1 heterocycles. The minimum atomic E-state index is 0.0522. The van der Waals surface area contributed by atoms with Crippen molar-refractivity contribution in [3.63, 3.8) is 0 Å². The zero-order chi connectivity index (χ0) is 18.4. The fourth-order valence-electron chi connectivity index (χ4n) is 3.05. The zero-order valence-electron chi connectivity index (χ0n) is 14.9. The van der Waals surface area contributed by atoms with Crippen LogP contribution in [-0.2, 0) is 11.3 Å². The fourth-order valence-corrected chi connectivity index (χ4v) is 3.31. The Labute approximate surface area is 162 Å². The van der Waals surface area contributed by atoms with Gasteiger partial charge in [0, 0.05) is 10.0 Å². The Morgan fingerprint density at radius 2 is 1.65 bits per heavy atom. The third-order valence-corrected chi connectivity index (χ3v) is 5.14. The molecule has 0 spiro atoms. The van der Waals surface area contributed by atoms with Gasteiger partial charge in [0.1, 0.15) is 18.0 Å². The number of nitrogens with zero attached hydrogens (tertiary/aromatic N) is 1. The van der Waals surface area contributed by atoms with Crippen molar-refractivity contribution in [3.05, 3.63) is 58.6 Å². The minimum absolute atomic E-state index is 0.0522. The van der Waals surface area contributed by atoms with Crippen LogP contribution in [-0.4, -0.2) is 50.7 Å². The van der Waals surface area contributed by atoms with Crippen LogP contribution in [0.25, 0.3) is 0 Å². The molecule has 0 bridgehead atoms. The average molecular weight is 420 g/mol. The van der Waals surface area contributed by atoms with E-state index in [1.165, 1.54) is 10.5 Å². The van der Waals surface area contributed by atoms with Crippen LogP contribution in [0.2, 0.25) is 0 Å². The molecule has 3 rings (SSSR count). The topological polar surface area (TPSA) is 43.2 Å². The molecule has 1 aliphatic rings. The number of amides is 1. The standard InChI is InChI=1S/C20H23BrN2O3/c1-25-18-6-2-16(3-7-18)14-22-10-12-23(13-11-22)20(24)15-26-19-8-4-17(21)5-9-19/h2-9H,10-15H2,1H3/p+1. The van der Waals surface area contributed by atoms with Gasteiger partial charge in [-0.1, -0.05) is 15.9 Å². The van der Waals surface area contributed by atoms with Crippen molar-refractivity contribution in [2.45, 2.75) is 6.54 Å². The summed E-state index contributed by atoms with van der Waals surface area (Å²) in [5, 5.41) is 0. The number of rotatable bonds is 6. The van der Waals surface area contributed by atoms with Crippen molar-refractivity contribution in [1.29, 1.82) is 0 Å². The molecule has 0 aliphatic carbocycles. The van der Waals surface area contributed by atoms with Gasteiger partial charge < -0.3 is 19.3 Å². The first-order chi connectivity index (χ1) is 12.6. The van der Waals surface area contributed by atoms with Crippen molar-refractivity contribution in [3.8, 4) is 11.5 Å². The van der Waals surface area contributed by atoms with Crippen LogP contribution in [0, 0.1) is 0 Å². The number of carbonyl (C=O) groups excluding carboxylic acids is 1. The first-order valence-electron chi connectivity index (χ1n) is 8.76. The molecule has 1 N–H and O–H groups in total. The number of halogens is 1. The average Bonchev–Trinajstić information content (AvgIpc) is 2.68. The highest BCUT2D eigenvalue weighted by atomic mass is 79.9. The van der Waals surface area contributed by atoms with Gasteiger partial charge in [-0.3, -0.25) is 4.79 Å². The lowest BCUT2D eigenvalue weighted by molar-refractivity contribution is -0.917. The van der Waals surface area contributed by atoms with E-state index in [9.17, 15) is 4.79 Å². The smallest absolute Gasteiger partial charge is 0.260 e. The molecule has 2 aromatic carbocycles. The number of benzene rings is 2. The van der Waals surface area contributed by atoms with Crippen LogP contribution in [0.3, 0.4) is 0 Å². The SMILES string of the molecule is COc1ccc(C[NH+]2CCN(C(=O)COc3ccc(Br)cc3)CC2)cc1. The Bertz CT molecular complexity index is 711. The highest BCUT2D eigenvalue weighted by Gasteiger charge is 2.24. The maximum atomic E-state index is 12.3. The lowest BCUT2D eigenvalue weighted by Gasteiger charge is -2.32. The molecule has 0 aromatic heterocycles. The van der Waals surface area contributed by atoms with E-state index in [0.29, 0.717) is 5.75 Å². The molecule has 26 heavy (non-hydrogen) atoms. The summed E-state index contributed by atoms with van der Waals surface area (Å²) in [6, 6.07) is 15.7. The predicted molar refractivity (Wildman–Crippen MR) is 104 cm³/mol. The van der Waals surface area contributed by atoms with Crippen LogP contribution in [0.4, 0.5) is 0 Å². The fraction of sp³-hybridized carbons (Fsp3) is 0.350. The molecular weight excluding hydrogens is 396 g/mol. The Morgan fingerprint density at radius 1 is 1.04 bits per heavy atom. The number of methoxy groups -OCH3 is 1. The van der Waals surface area contributed by atoms with E-state index in [4.69, 9.17) is 9.47 Å². The van der Waals surface area contributed by atoms with Crippen LogP contribution >= 0.6 is 15.9 Å². The molecule has 2 aromatic rings. The maximum absolute atomic E-state index is 12.3. The second-order valence-electron chi connectivity index (χ2n) is 6.40. The maximum Gasteiger partial charge on any atom is 0.260 e. The summed E-state index contributed by atoms with van der Waals surface area (Å²) in [5.41, 5.74) is 1.29. The van der Waals surface area contributed by atoms with Crippen LogP contribution < -0.4 is 14.4 Å². The molecule has 0 unspecified atom stereocenters. The number of carbonyl (C=O) groups is 1. The number of ether oxygens (including phenoxy) is 2. The Kier molecular flexibility index (Phi) is 6.52. The van der Waals surface area contributed by atoms with Crippen LogP contribution in [0.15, 0.2) is 53.0 Å². The van der Waals surface area contributed by atoms with Crippen LogP contribution in [0.1, 0.15) is 5.56 Å². The van der Waals surface area contributed by atoms with Gasteiger partial charge in [-0.2, -0.15) is 0 Å². The van der Waals surface area contributed by atoms with Gasteiger partial charge in [0.2, 0.25) is 0 Å². The third kappa shape index (κ3) is 5.22. The van der Waals surface area contributed by atoms with E-state index in [0.717, 1.165) is 42.9 Å². The Balaban J connectivity index is 1.42. The summed E-state index contributed by atoms with van der Waals surface area (Å²) >= 11 is 3.39.